The number of ether oxygens (including phenoxy) is 2. The zero-order valence-corrected chi connectivity index (χ0v) is 13.2. The van der Waals surface area contributed by atoms with Crippen LogP contribution < -0.4 is 15.2 Å². The average Bonchev–Trinajstić information content (AvgIpc) is 2.43. The van der Waals surface area contributed by atoms with Crippen LogP contribution in [0.15, 0.2) is 33.5 Å². The molecule has 0 unspecified atom stereocenters. The summed E-state index contributed by atoms with van der Waals surface area (Å²) in [7, 11) is 1.60. The fourth-order valence-corrected chi connectivity index (χ4v) is 2.25. The van der Waals surface area contributed by atoms with Crippen molar-refractivity contribution in [3.05, 3.63) is 39.2 Å². The van der Waals surface area contributed by atoms with Gasteiger partial charge in [0.15, 0.2) is 0 Å². The standard InChI is InChI=1S/C12H11Br2N3O2/c1-18-10-2-9(14)11(3-8(10)13)19-12-6-16-7(4-15)5-17-12/h2-3,5-6H,4,15H2,1H3. The van der Waals surface area contributed by atoms with E-state index in [0.29, 0.717) is 29.6 Å². The molecule has 0 aliphatic rings. The van der Waals surface area contributed by atoms with Gasteiger partial charge >= 0.3 is 0 Å². The average molecular weight is 389 g/mol. The molecule has 2 rings (SSSR count). The predicted octanol–water partition coefficient (Wildman–Crippen LogP) is 3.26. The molecule has 0 aliphatic heterocycles. The van der Waals surface area contributed by atoms with Gasteiger partial charge in [-0.05, 0) is 44.0 Å². The molecule has 0 amide bonds. The van der Waals surface area contributed by atoms with Gasteiger partial charge in [-0.3, -0.25) is 4.98 Å². The molecule has 5 nitrogen and oxygen atoms in total. The SMILES string of the molecule is COc1cc(Br)c(Oc2cnc(CN)cn2)cc1Br. The van der Waals surface area contributed by atoms with E-state index in [9.17, 15) is 0 Å². The number of hydrogen-bond acceptors (Lipinski definition) is 5. The monoisotopic (exact) mass is 387 g/mol. The molecule has 0 aliphatic carbocycles. The summed E-state index contributed by atoms with van der Waals surface area (Å²) in [5.74, 6) is 1.72. The Morgan fingerprint density at radius 2 is 1.79 bits per heavy atom. The Labute approximate surface area is 127 Å². The van der Waals surface area contributed by atoms with Crippen molar-refractivity contribution in [2.75, 3.05) is 7.11 Å². The van der Waals surface area contributed by atoms with Crippen LogP contribution in [0.2, 0.25) is 0 Å². The number of hydrogen-bond donors (Lipinski definition) is 1. The second-order valence-corrected chi connectivity index (χ2v) is 5.28. The Morgan fingerprint density at radius 1 is 1.11 bits per heavy atom. The zero-order chi connectivity index (χ0) is 13.8. The number of rotatable bonds is 4. The molecule has 0 radical (unpaired) electrons. The highest BCUT2D eigenvalue weighted by molar-refractivity contribution is 9.11. The van der Waals surface area contributed by atoms with Crippen molar-refractivity contribution in [1.82, 2.24) is 9.97 Å². The summed E-state index contributed by atoms with van der Waals surface area (Å²) in [5.41, 5.74) is 6.17. The molecule has 0 fully saturated rings. The van der Waals surface area contributed by atoms with Crippen LogP contribution in [0.5, 0.6) is 17.4 Å². The molecular formula is C12H11Br2N3O2. The first kappa shape index (κ1) is 14.2. The van der Waals surface area contributed by atoms with Crippen LogP contribution in [-0.2, 0) is 6.54 Å². The smallest absolute Gasteiger partial charge is 0.237 e. The third kappa shape index (κ3) is 3.43. The van der Waals surface area contributed by atoms with E-state index in [1.54, 1.807) is 25.4 Å². The fourth-order valence-electron chi connectivity index (χ4n) is 1.36. The van der Waals surface area contributed by atoms with Crippen LogP contribution in [0, 0.1) is 0 Å². The first-order valence-corrected chi connectivity index (χ1v) is 6.94. The van der Waals surface area contributed by atoms with Crippen LogP contribution in [0.4, 0.5) is 0 Å². The van der Waals surface area contributed by atoms with Crippen LogP contribution in [0.3, 0.4) is 0 Å². The van der Waals surface area contributed by atoms with Gasteiger partial charge in [0.2, 0.25) is 5.88 Å². The summed E-state index contributed by atoms with van der Waals surface area (Å²) in [4.78, 5) is 8.24. The minimum absolute atomic E-state index is 0.352. The summed E-state index contributed by atoms with van der Waals surface area (Å²) >= 11 is 6.81. The Hall–Kier alpha value is -1.18. The molecule has 0 saturated carbocycles. The molecule has 0 atom stereocenters. The zero-order valence-electron chi connectivity index (χ0n) is 10.1. The van der Waals surface area contributed by atoms with E-state index in [4.69, 9.17) is 15.2 Å². The highest BCUT2D eigenvalue weighted by Gasteiger charge is 2.10. The second-order valence-electron chi connectivity index (χ2n) is 3.57. The third-order valence-corrected chi connectivity index (χ3v) is 3.55. The summed E-state index contributed by atoms with van der Waals surface area (Å²) in [5, 5.41) is 0. The molecular weight excluding hydrogens is 378 g/mol. The Bertz CT molecular complexity index is 576. The van der Waals surface area contributed by atoms with E-state index in [1.807, 2.05) is 0 Å². The number of nitrogens with two attached hydrogens (primary N) is 1. The van der Waals surface area contributed by atoms with Gasteiger partial charge in [0.05, 0.1) is 34.1 Å². The van der Waals surface area contributed by atoms with Gasteiger partial charge in [0.1, 0.15) is 11.5 Å². The van der Waals surface area contributed by atoms with Crippen molar-refractivity contribution in [1.29, 1.82) is 0 Å². The van der Waals surface area contributed by atoms with E-state index in [-0.39, 0.29) is 0 Å². The first-order valence-electron chi connectivity index (χ1n) is 5.36. The molecule has 0 bridgehead atoms. The van der Waals surface area contributed by atoms with E-state index in [1.165, 1.54) is 6.20 Å². The Morgan fingerprint density at radius 3 is 2.37 bits per heavy atom. The number of benzene rings is 1. The van der Waals surface area contributed by atoms with Gasteiger partial charge in [-0.1, -0.05) is 0 Å². The second kappa shape index (κ2) is 6.31. The van der Waals surface area contributed by atoms with E-state index in [2.05, 4.69) is 41.8 Å². The summed E-state index contributed by atoms with van der Waals surface area (Å²) in [6.07, 6.45) is 3.12. The van der Waals surface area contributed by atoms with E-state index >= 15 is 0 Å². The maximum Gasteiger partial charge on any atom is 0.237 e. The van der Waals surface area contributed by atoms with Gasteiger partial charge in [0, 0.05) is 6.54 Å². The van der Waals surface area contributed by atoms with Crippen molar-refractivity contribution >= 4 is 31.9 Å². The number of nitrogens with zero attached hydrogens (tertiary/aromatic N) is 2. The molecule has 7 heteroatoms. The van der Waals surface area contributed by atoms with Crippen molar-refractivity contribution in [2.45, 2.75) is 6.54 Å². The van der Waals surface area contributed by atoms with Crippen molar-refractivity contribution in [3.63, 3.8) is 0 Å². The van der Waals surface area contributed by atoms with Gasteiger partial charge < -0.3 is 15.2 Å². The lowest BCUT2D eigenvalue weighted by atomic mass is 10.3. The molecule has 100 valence electrons. The van der Waals surface area contributed by atoms with Gasteiger partial charge in [0.25, 0.3) is 0 Å². The minimum atomic E-state index is 0.352. The first-order chi connectivity index (χ1) is 9.13. The largest absolute Gasteiger partial charge is 0.496 e. The molecule has 2 aromatic rings. The molecule has 1 aromatic carbocycles. The topological polar surface area (TPSA) is 70.3 Å². The van der Waals surface area contributed by atoms with Crippen LogP contribution in [-0.4, -0.2) is 17.1 Å². The fraction of sp³-hybridized carbons (Fsp3) is 0.167. The van der Waals surface area contributed by atoms with E-state index < -0.39 is 0 Å². The molecule has 1 heterocycles. The van der Waals surface area contributed by atoms with Gasteiger partial charge in [-0.2, -0.15) is 0 Å². The number of methoxy groups -OCH3 is 1. The molecule has 0 saturated heterocycles. The minimum Gasteiger partial charge on any atom is -0.496 e. The van der Waals surface area contributed by atoms with E-state index in [0.717, 1.165) is 8.95 Å². The van der Waals surface area contributed by atoms with Crippen molar-refractivity contribution in [3.8, 4) is 17.4 Å². The van der Waals surface area contributed by atoms with Crippen LogP contribution >= 0.6 is 31.9 Å². The maximum absolute atomic E-state index is 5.64. The number of aromatic nitrogens is 2. The lowest BCUT2D eigenvalue weighted by Gasteiger charge is -2.10. The highest BCUT2D eigenvalue weighted by atomic mass is 79.9. The van der Waals surface area contributed by atoms with Crippen molar-refractivity contribution < 1.29 is 9.47 Å². The molecule has 19 heavy (non-hydrogen) atoms. The highest BCUT2D eigenvalue weighted by Crippen LogP contribution is 2.37. The Balaban J connectivity index is 2.25. The summed E-state index contributed by atoms with van der Waals surface area (Å²) in [6, 6.07) is 3.60. The summed E-state index contributed by atoms with van der Waals surface area (Å²) in [6.45, 7) is 0.352. The third-order valence-electron chi connectivity index (χ3n) is 2.31. The van der Waals surface area contributed by atoms with Crippen molar-refractivity contribution in [2.24, 2.45) is 5.73 Å². The maximum atomic E-state index is 5.64. The molecule has 1 aromatic heterocycles. The summed E-state index contributed by atoms with van der Waals surface area (Å²) < 4.78 is 12.4. The van der Waals surface area contributed by atoms with Crippen LogP contribution in [0.25, 0.3) is 0 Å². The predicted molar refractivity (Wildman–Crippen MR) is 78.4 cm³/mol. The van der Waals surface area contributed by atoms with Gasteiger partial charge in [-0.25, -0.2) is 4.98 Å². The Kier molecular flexibility index (Phi) is 4.73. The lowest BCUT2D eigenvalue weighted by molar-refractivity contribution is 0.408. The quantitative estimate of drug-likeness (QED) is 0.870. The molecule has 2 N–H and O–H groups in total. The molecule has 0 spiro atoms. The normalized spacial score (nSPS) is 10.3. The number of halogens is 2. The van der Waals surface area contributed by atoms with Crippen LogP contribution in [0.1, 0.15) is 5.69 Å². The lowest BCUT2D eigenvalue weighted by Crippen LogP contribution is -2.00. The van der Waals surface area contributed by atoms with Gasteiger partial charge in [-0.15, -0.1) is 0 Å².